The van der Waals surface area contributed by atoms with E-state index in [9.17, 15) is 4.79 Å². The number of hydrogen-bond donors (Lipinski definition) is 0. The first-order valence-electron chi connectivity index (χ1n) is 7.30. The van der Waals surface area contributed by atoms with Gasteiger partial charge in [0.25, 0.3) is 5.91 Å². The molecule has 2 fully saturated rings. The third-order valence-electron chi connectivity index (χ3n) is 4.09. The average Bonchev–Trinajstić information content (AvgIpc) is 2.56. The van der Waals surface area contributed by atoms with Gasteiger partial charge in [0.1, 0.15) is 0 Å². The smallest absolute Gasteiger partial charge is 0.253 e. The fraction of sp³-hybridized carbons (Fsp3) is 0.500. The molecule has 0 unspecified atom stereocenters. The van der Waals surface area contributed by atoms with Gasteiger partial charge in [-0.15, -0.1) is 0 Å². The lowest BCUT2D eigenvalue weighted by Crippen LogP contribution is -2.51. The zero-order valence-corrected chi connectivity index (χ0v) is 11.9. The van der Waals surface area contributed by atoms with Crippen LogP contribution in [0, 0.1) is 11.3 Å². The van der Waals surface area contributed by atoms with Crippen molar-refractivity contribution in [2.75, 3.05) is 26.3 Å². The maximum Gasteiger partial charge on any atom is 0.253 e. The normalized spacial score (nSPS) is 21.0. The van der Waals surface area contributed by atoms with Crippen LogP contribution in [0.4, 0.5) is 0 Å². The third-order valence-corrected chi connectivity index (χ3v) is 4.09. The SMILES string of the molecule is N#Cc1ccc(C(=O)N2CCC3(CC2)OCCCO3)cc1. The van der Waals surface area contributed by atoms with E-state index in [2.05, 4.69) is 6.07 Å². The predicted octanol–water partition coefficient (Wildman–Crippen LogP) is 1.93. The van der Waals surface area contributed by atoms with Crippen molar-refractivity contribution in [3.05, 3.63) is 35.4 Å². The molecule has 2 aliphatic rings. The molecule has 2 saturated heterocycles. The molecule has 1 amide bonds. The summed E-state index contributed by atoms with van der Waals surface area (Å²) in [5.41, 5.74) is 1.18. The van der Waals surface area contributed by atoms with Crippen LogP contribution in [0.2, 0.25) is 0 Å². The van der Waals surface area contributed by atoms with Crippen LogP contribution < -0.4 is 0 Å². The quantitative estimate of drug-likeness (QED) is 0.791. The first-order valence-corrected chi connectivity index (χ1v) is 7.30. The van der Waals surface area contributed by atoms with Crippen molar-refractivity contribution in [2.45, 2.75) is 25.0 Å². The molecule has 1 aromatic carbocycles. The summed E-state index contributed by atoms with van der Waals surface area (Å²) in [6, 6.07) is 8.81. The molecule has 2 aliphatic heterocycles. The van der Waals surface area contributed by atoms with E-state index in [1.165, 1.54) is 0 Å². The third kappa shape index (κ3) is 2.92. The van der Waals surface area contributed by atoms with E-state index in [0.29, 0.717) is 24.2 Å². The Morgan fingerprint density at radius 2 is 1.76 bits per heavy atom. The Balaban J connectivity index is 1.63. The molecule has 1 aromatic rings. The molecule has 0 bridgehead atoms. The highest BCUT2D eigenvalue weighted by atomic mass is 16.7. The standard InChI is InChI=1S/C16H18N2O3/c17-12-13-2-4-14(5-3-13)15(19)18-8-6-16(7-9-18)20-10-1-11-21-16/h2-5H,1,6-11H2. The van der Waals surface area contributed by atoms with Gasteiger partial charge in [-0.25, -0.2) is 0 Å². The second-order valence-corrected chi connectivity index (χ2v) is 5.44. The number of nitrogens with zero attached hydrogens (tertiary/aromatic N) is 2. The van der Waals surface area contributed by atoms with Crippen LogP contribution in [0.1, 0.15) is 35.2 Å². The minimum Gasteiger partial charge on any atom is -0.350 e. The van der Waals surface area contributed by atoms with Crippen LogP contribution in [0.15, 0.2) is 24.3 Å². The summed E-state index contributed by atoms with van der Waals surface area (Å²) in [6.45, 7) is 2.75. The van der Waals surface area contributed by atoms with Crippen molar-refractivity contribution in [1.29, 1.82) is 5.26 Å². The number of carbonyl (C=O) groups excluding carboxylic acids is 1. The summed E-state index contributed by atoms with van der Waals surface area (Å²) in [6.07, 6.45) is 2.37. The first kappa shape index (κ1) is 14.1. The fourth-order valence-corrected chi connectivity index (χ4v) is 2.83. The minimum atomic E-state index is -0.473. The molecule has 21 heavy (non-hydrogen) atoms. The molecule has 0 saturated carbocycles. The number of rotatable bonds is 1. The number of piperidine rings is 1. The molecule has 0 aliphatic carbocycles. The Hall–Kier alpha value is -1.90. The van der Waals surface area contributed by atoms with Gasteiger partial charge in [0.2, 0.25) is 0 Å². The molecule has 110 valence electrons. The Morgan fingerprint density at radius 3 is 2.33 bits per heavy atom. The van der Waals surface area contributed by atoms with Gasteiger partial charge in [0.15, 0.2) is 5.79 Å². The van der Waals surface area contributed by atoms with Crippen molar-refractivity contribution in [1.82, 2.24) is 4.90 Å². The average molecular weight is 286 g/mol. The summed E-state index contributed by atoms with van der Waals surface area (Å²) in [5, 5.41) is 8.78. The second kappa shape index (κ2) is 5.84. The summed E-state index contributed by atoms with van der Waals surface area (Å²) in [4.78, 5) is 14.3. The van der Waals surface area contributed by atoms with Crippen molar-refractivity contribution < 1.29 is 14.3 Å². The summed E-state index contributed by atoms with van der Waals surface area (Å²) in [7, 11) is 0. The van der Waals surface area contributed by atoms with E-state index in [1.807, 2.05) is 4.90 Å². The van der Waals surface area contributed by atoms with Gasteiger partial charge in [-0.2, -0.15) is 5.26 Å². The molecular weight excluding hydrogens is 268 g/mol. The summed E-state index contributed by atoms with van der Waals surface area (Å²) < 4.78 is 11.5. The predicted molar refractivity (Wildman–Crippen MR) is 75.5 cm³/mol. The lowest BCUT2D eigenvalue weighted by molar-refractivity contribution is -0.281. The molecule has 3 rings (SSSR count). The largest absolute Gasteiger partial charge is 0.350 e. The lowest BCUT2D eigenvalue weighted by Gasteiger charge is -2.43. The molecule has 0 N–H and O–H groups in total. The zero-order valence-electron chi connectivity index (χ0n) is 11.9. The molecule has 2 heterocycles. The number of amides is 1. The number of likely N-dealkylation sites (tertiary alicyclic amines) is 1. The van der Waals surface area contributed by atoms with E-state index in [-0.39, 0.29) is 5.91 Å². The number of nitriles is 1. The number of benzene rings is 1. The van der Waals surface area contributed by atoms with Crippen molar-refractivity contribution in [3.63, 3.8) is 0 Å². The molecule has 0 radical (unpaired) electrons. The van der Waals surface area contributed by atoms with Crippen molar-refractivity contribution >= 4 is 5.91 Å². The Labute approximate surface area is 124 Å². The highest BCUT2D eigenvalue weighted by molar-refractivity contribution is 5.94. The van der Waals surface area contributed by atoms with Gasteiger partial charge in [-0.3, -0.25) is 4.79 Å². The lowest BCUT2D eigenvalue weighted by atomic mass is 10.0. The zero-order chi connectivity index (χ0) is 14.7. The van der Waals surface area contributed by atoms with E-state index in [1.54, 1.807) is 24.3 Å². The molecular formula is C16H18N2O3. The summed E-state index contributed by atoms with van der Waals surface area (Å²) >= 11 is 0. The van der Waals surface area contributed by atoms with Crippen molar-refractivity contribution in [2.24, 2.45) is 0 Å². The van der Waals surface area contributed by atoms with E-state index >= 15 is 0 Å². The Bertz CT molecular complexity index is 546. The molecule has 5 heteroatoms. The molecule has 0 aromatic heterocycles. The van der Waals surface area contributed by atoms with E-state index in [0.717, 1.165) is 32.5 Å². The van der Waals surface area contributed by atoms with E-state index in [4.69, 9.17) is 14.7 Å². The van der Waals surface area contributed by atoms with Crippen LogP contribution in [-0.2, 0) is 9.47 Å². The van der Waals surface area contributed by atoms with Crippen LogP contribution in [-0.4, -0.2) is 42.9 Å². The van der Waals surface area contributed by atoms with Crippen LogP contribution in [0.25, 0.3) is 0 Å². The topological polar surface area (TPSA) is 62.6 Å². The van der Waals surface area contributed by atoms with Crippen molar-refractivity contribution in [3.8, 4) is 6.07 Å². The maximum absolute atomic E-state index is 12.4. The van der Waals surface area contributed by atoms with Gasteiger partial charge in [-0.1, -0.05) is 0 Å². The summed E-state index contributed by atoms with van der Waals surface area (Å²) in [5.74, 6) is -0.468. The molecule has 0 atom stereocenters. The number of hydrogen-bond acceptors (Lipinski definition) is 4. The number of ether oxygens (including phenoxy) is 2. The Kier molecular flexibility index (Phi) is 3.91. The van der Waals surface area contributed by atoms with Crippen LogP contribution in [0.5, 0.6) is 0 Å². The maximum atomic E-state index is 12.4. The van der Waals surface area contributed by atoms with Gasteiger partial charge in [0.05, 0.1) is 24.8 Å². The monoisotopic (exact) mass is 286 g/mol. The molecule has 5 nitrogen and oxygen atoms in total. The fourth-order valence-electron chi connectivity index (χ4n) is 2.83. The van der Waals surface area contributed by atoms with Crippen LogP contribution in [0.3, 0.4) is 0 Å². The van der Waals surface area contributed by atoms with E-state index < -0.39 is 5.79 Å². The second-order valence-electron chi connectivity index (χ2n) is 5.44. The van der Waals surface area contributed by atoms with Gasteiger partial charge in [-0.05, 0) is 30.7 Å². The molecule has 1 spiro atoms. The number of carbonyl (C=O) groups is 1. The highest BCUT2D eigenvalue weighted by Crippen LogP contribution is 2.31. The van der Waals surface area contributed by atoms with Gasteiger partial charge >= 0.3 is 0 Å². The van der Waals surface area contributed by atoms with Gasteiger partial charge < -0.3 is 14.4 Å². The van der Waals surface area contributed by atoms with Gasteiger partial charge in [0, 0.05) is 31.5 Å². The highest BCUT2D eigenvalue weighted by Gasteiger charge is 2.39. The van der Waals surface area contributed by atoms with Crippen LogP contribution >= 0.6 is 0 Å². The first-order chi connectivity index (χ1) is 10.2. The Morgan fingerprint density at radius 1 is 1.14 bits per heavy atom. The minimum absolute atomic E-state index is 0.00477.